The van der Waals surface area contributed by atoms with Gasteiger partial charge in [0.05, 0.1) is 4.88 Å². The van der Waals surface area contributed by atoms with Crippen molar-refractivity contribution in [2.24, 2.45) is 0 Å². The van der Waals surface area contributed by atoms with Gasteiger partial charge in [0.1, 0.15) is 0 Å². The Balaban J connectivity index is 1.58. The van der Waals surface area contributed by atoms with Crippen molar-refractivity contribution in [1.82, 2.24) is 10.8 Å². The maximum absolute atomic E-state index is 11.5. The first-order valence-corrected chi connectivity index (χ1v) is 8.96. The minimum absolute atomic E-state index is 0.477. The number of benzene rings is 2. The van der Waals surface area contributed by atoms with Crippen LogP contribution in [-0.4, -0.2) is 17.7 Å². The van der Waals surface area contributed by atoms with Crippen molar-refractivity contribution in [2.45, 2.75) is 13.0 Å². The average Bonchev–Trinajstić information content (AvgIpc) is 3.16. The number of nitrogens with one attached hydrogen (secondary N) is 2. The van der Waals surface area contributed by atoms with Crippen molar-refractivity contribution in [3.05, 3.63) is 82.7 Å². The maximum atomic E-state index is 11.5. The van der Waals surface area contributed by atoms with Crippen LogP contribution in [0.25, 0.3) is 10.4 Å². The van der Waals surface area contributed by atoms with E-state index in [1.54, 1.807) is 11.5 Å². The fourth-order valence-corrected chi connectivity index (χ4v) is 3.51. The first-order chi connectivity index (χ1) is 12.3. The summed E-state index contributed by atoms with van der Waals surface area (Å²) in [5.41, 5.74) is 5.27. The molecule has 0 aliphatic rings. The van der Waals surface area contributed by atoms with Gasteiger partial charge in [0, 0.05) is 11.4 Å². The highest BCUT2D eigenvalue weighted by molar-refractivity contribution is 7.17. The second-order valence-corrected chi connectivity index (χ2v) is 6.80. The number of hydroxylamine groups is 1. The summed E-state index contributed by atoms with van der Waals surface area (Å²) in [7, 11) is 0. The standard InChI is InChI=1S/C20H20N2O2S/c23-20(22-24)19-10-9-18(25-19)17-8-4-7-16(13-17)14-21-12-11-15-5-2-1-3-6-15/h1-10,13,21,24H,11-12,14H2,(H,22,23). The molecule has 0 radical (unpaired) electrons. The first kappa shape index (κ1) is 17.4. The lowest BCUT2D eigenvalue weighted by Gasteiger charge is -2.07. The maximum Gasteiger partial charge on any atom is 0.284 e. The Hall–Kier alpha value is -2.47. The Morgan fingerprint density at radius 3 is 2.56 bits per heavy atom. The van der Waals surface area contributed by atoms with E-state index in [1.807, 2.05) is 24.3 Å². The molecular formula is C20H20N2O2S. The van der Waals surface area contributed by atoms with E-state index in [9.17, 15) is 4.79 Å². The fraction of sp³-hybridized carbons (Fsp3) is 0.150. The highest BCUT2D eigenvalue weighted by Crippen LogP contribution is 2.28. The minimum atomic E-state index is -0.477. The molecule has 2 aromatic carbocycles. The number of hydrogen-bond donors (Lipinski definition) is 3. The van der Waals surface area contributed by atoms with Crippen LogP contribution in [0.4, 0.5) is 0 Å². The van der Waals surface area contributed by atoms with Gasteiger partial charge in [0.2, 0.25) is 0 Å². The molecule has 3 N–H and O–H groups in total. The highest BCUT2D eigenvalue weighted by Gasteiger charge is 2.09. The topological polar surface area (TPSA) is 61.4 Å². The molecule has 0 spiro atoms. The van der Waals surface area contributed by atoms with Crippen molar-refractivity contribution in [2.75, 3.05) is 6.54 Å². The van der Waals surface area contributed by atoms with E-state index in [2.05, 4.69) is 41.7 Å². The summed E-state index contributed by atoms with van der Waals surface area (Å²) in [5.74, 6) is -0.477. The van der Waals surface area contributed by atoms with Crippen LogP contribution in [0.1, 0.15) is 20.8 Å². The molecule has 4 nitrogen and oxygen atoms in total. The lowest BCUT2D eigenvalue weighted by molar-refractivity contribution is 0.0711. The van der Waals surface area contributed by atoms with E-state index < -0.39 is 5.91 Å². The zero-order valence-electron chi connectivity index (χ0n) is 13.7. The highest BCUT2D eigenvalue weighted by atomic mass is 32.1. The van der Waals surface area contributed by atoms with Gasteiger partial charge in [-0.2, -0.15) is 0 Å². The van der Waals surface area contributed by atoms with Crippen LogP contribution in [0.3, 0.4) is 0 Å². The lowest BCUT2D eigenvalue weighted by Crippen LogP contribution is -2.16. The normalized spacial score (nSPS) is 10.6. The zero-order valence-corrected chi connectivity index (χ0v) is 14.6. The van der Waals surface area contributed by atoms with E-state index in [1.165, 1.54) is 22.5 Å². The van der Waals surface area contributed by atoms with Crippen molar-refractivity contribution in [3.8, 4) is 10.4 Å². The van der Waals surface area contributed by atoms with E-state index in [-0.39, 0.29) is 0 Å². The number of amides is 1. The van der Waals surface area contributed by atoms with Crippen molar-refractivity contribution in [3.63, 3.8) is 0 Å². The van der Waals surface area contributed by atoms with Gasteiger partial charge in [-0.05, 0) is 47.9 Å². The number of carbonyl (C=O) groups is 1. The van der Waals surface area contributed by atoms with E-state index in [0.717, 1.165) is 30.0 Å². The molecule has 0 saturated carbocycles. The number of hydrogen-bond acceptors (Lipinski definition) is 4. The van der Waals surface area contributed by atoms with Gasteiger partial charge >= 0.3 is 0 Å². The fourth-order valence-electron chi connectivity index (χ4n) is 2.61. The summed E-state index contributed by atoms with van der Waals surface area (Å²) < 4.78 is 0. The third kappa shape index (κ3) is 4.76. The Morgan fingerprint density at radius 1 is 0.960 bits per heavy atom. The SMILES string of the molecule is O=C(NO)c1ccc(-c2cccc(CNCCc3ccccc3)c2)s1. The smallest absolute Gasteiger partial charge is 0.284 e. The quantitative estimate of drug-likeness (QED) is 0.344. The second-order valence-electron chi connectivity index (χ2n) is 5.72. The number of thiophene rings is 1. The predicted molar refractivity (Wildman–Crippen MR) is 101 cm³/mol. The molecular weight excluding hydrogens is 332 g/mol. The molecule has 0 saturated heterocycles. The van der Waals surface area contributed by atoms with Crippen molar-refractivity contribution in [1.29, 1.82) is 0 Å². The predicted octanol–water partition coefficient (Wildman–Crippen LogP) is 3.87. The van der Waals surface area contributed by atoms with Crippen LogP contribution in [0.5, 0.6) is 0 Å². The van der Waals surface area contributed by atoms with E-state index in [4.69, 9.17) is 5.21 Å². The molecule has 128 valence electrons. The molecule has 0 atom stereocenters. The Morgan fingerprint density at radius 2 is 1.76 bits per heavy atom. The molecule has 0 bridgehead atoms. The van der Waals surface area contributed by atoms with Crippen LogP contribution in [0.15, 0.2) is 66.7 Å². The van der Waals surface area contributed by atoms with Gasteiger partial charge in [-0.25, -0.2) is 5.48 Å². The molecule has 5 heteroatoms. The molecule has 1 amide bonds. The molecule has 3 rings (SSSR count). The molecule has 3 aromatic rings. The minimum Gasteiger partial charge on any atom is -0.312 e. The lowest BCUT2D eigenvalue weighted by atomic mass is 10.1. The second kappa shape index (κ2) is 8.58. The third-order valence-electron chi connectivity index (χ3n) is 3.91. The molecule has 0 aliphatic heterocycles. The van der Waals surface area contributed by atoms with Crippen molar-refractivity contribution < 1.29 is 10.0 Å². The third-order valence-corrected chi connectivity index (χ3v) is 5.04. The molecule has 0 unspecified atom stereocenters. The first-order valence-electron chi connectivity index (χ1n) is 8.14. The summed E-state index contributed by atoms with van der Waals surface area (Å²) in [6, 6.07) is 22.3. The summed E-state index contributed by atoms with van der Waals surface area (Å²) in [6.07, 6.45) is 1.01. The van der Waals surface area contributed by atoms with Gasteiger partial charge in [-0.15, -0.1) is 11.3 Å². The summed E-state index contributed by atoms with van der Waals surface area (Å²) in [5, 5.41) is 12.2. The summed E-state index contributed by atoms with van der Waals surface area (Å²) in [4.78, 5) is 12.9. The average molecular weight is 352 g/mol. The van der Waals surface area contributed by atoms with Gasteiger partial charge in [0.15, 0.2) is 0 Å². The van der Waals surface area contributed by atoms with Crippen LogP contribution < -0.4 is 10.8 Å². The van der Waals surface area contributed by atoms with Crippen LogP contribution in [0, 0.1) is 0 Å². The molecule has 0 fully saturated rings. The molecule has 0 aliphatic carbocycles. The zero-order chi connectivity index (χ0) is 17.5. The Kier molecular flexibility index (Phi) is 5.95. The Labute approximate surface area is 151 Å². The number of carbonyl (C=O) groups excluding carboxylic acids is 1. The van der Waals surface area contributed by atoms with Gasteiger partial charge < -0.3 is 5.32 Å². The van der Waals surface area contributed by atoms with Crippen LogP contribution >= 0.6 is 11.3 Å². The van der Waals surface area contributed by atoms with Crippen LogP contribution in [0.2, 0.25) is 0 Å². The van der Waals surface area contributed by atoms with Gasteiger partial charge in [0.25, 0.3) is 5.91 Å². The summed E-state index contributed by atoms with van der Waals surface area (Å²) in [6.45, 7) is 1.73. The monoisotopic (exact) mass is 352 g/mol. The van der Waals surface area contributed by atoms with Crippen LogP contribution in [-0.2, 0) is 13.0 Å². The summed E-state index contributed by atoms with van der Waals surface area (Å²) >= 11 is 1.36. The van der Waals surface area contributed by atoms with Gasteiger partial charge in [-0.3, -0.25) is 10.0 Å². The number of rotatable bonds is 7. The van der Waals surface area contributed by atoms with Gasteiger partial charge in [-0.1, -0.05) is 48.5 Å². The molecule has 25 heavy (non-hydrogen) atoms. The van der Waals surface area contributed by atoms with E-state index in [0.29, 0.717) is 4.88 Å². The van der Waals surface area contributed by atoms with Crippen molar-refractivity contribution >= 4 is 17.2 Å². The Bertz CT molecular complexity index is 830. The largest absolute Gasteiger partial charge is 0.312 e. The molecule has 1 aromatic heterocycles. The van der Waals surface area contributed by atoms with E-state index >= 15 is 0 Å². The molecule has 1 heterocycles.